The van der Waals surface area contributed by atoms with Crippen molar-refractivity contribution >= 4 is 23.5 Å². The van der Waals surface area contributed by atoms with Crippen LogP contribution >= 0.6 is 0 Å². The van der Waals surface area contributed by atoms with Crippen LogP contribution in [0.25, 0.3) is 0 Å². The maximum absolute atomic E-state index is 12.3. The van der Waals surface area contributed by atoms with E-state index in [4.69, 9.17) is 14.2 Å². The number of hydrazone groups is 1. The third-order valence-corrected chi connectivity index (χ3v) is 4.63. The summed E-state index contributed by atoms with van der Waals surface area (Å²) >= 11 is 0. The van der Waals surface area contributed by atoms with E-state index in [1.165, 1.54) is 12.3 Å². The van der Waals surface area contributed by atoms with Crippen LogP contribution in [0.1, 0.15) is 5.56 Å². The summed E-state index contributed by atoms with van der Waals surface area (Å²) in [5.74, 6) is 0.587. The molecule has 172 valence electrons. The number of rotatable bonds is 7. The molecule has 1 aliphatic heterocycles. The second kappa shape index (κ2) is 9.65. The van der Waals surface area contributed by atoms with Crippen LogP contribution < -0.4 is 19.6 Å². The number of benzene rings is 3. The molecule has 0 aliphatic carbocycles. The van der Waals surface area contributed by atoms with Crippen molar-refractivity contribution in [2.75, 3.05) is 6.61 Å². The number of para-hydroxylation sites is 2. The number of hydrogen-bond acceptors (Lipinski definition) is 9. The molecule has 0 spiro atoms. The molecule has 34 heavy (non-hydrogen) atoms. The summed E-state index contributed by atoms with van der Waals surface area (Å²) in [4.78, 5) is 33.0. The highest BCUT2D eigenvalue weighted by Gasteiger charge is 2.27. The lowest BCUT2D eigenvalue weighted by Crippen LogP contribution is -2.42. The number of carbonyl (C=O) groups excluding carboxylic acids is 1. The van der Waals surface area contributed by atoms with Gasteiger partial charge in [0.25, 0.3) is 11.6 Å². The maximum atomic E-state index is 12.3. The molecule has 0 fully saturated rings. The van der Waals surface area contributed by atoms with Crippen molar-refractivity contribution in [1.82, 2.24) is 5.43 Å². The van der Waals surface area contributed by atoms with Crippen molar-refractivity contribution in [3.05, 3.63) is 92.5 Å². The van der Waals surface area contributed by atoms with E-state index < -0.39 is 33.2 Å². The minimum absolute atomic E-state index is 0.0374. The minimum Gasteiger partial charge on any atom is -0.485 e. The zero-order chi connectivity index (χ0) is 24.1. The molecule has 0 saturated carbocycles. The third kappa shape index (κ3) is 5.07. The Labute approximate surface area is 191 Å². The minimum atomic E-state index is -0.871. The highest BCUT2D eigenvalue weighted by Crippen LogP contribution is 2.34. The second-order valence-electron chi connectivity index (χ2n) is 6.94. The normalized spacial score (nSPS) is 14.4. The number of ether oxygens (including phenoxy) is 3. The highest BCUT2D eigenvalue weighted by molar-refractivity contribution is 5.85. The van der Waals surface area contributed by atoms with Gasteiger partial charge in [-0.25, -0.2) is 5.43 Å². The number of nitrogens with one attached hydrogen (secondary N) is 1. The fourth-order valence-corrected chi connectivity index (χ4v) is 3.02. The van der Waals surface area contributed by atoms with Gasteiger partial charge in [0, 0.05) is 6.07 Å². The Balaban J connectivity index is 1.41. The largest absolute Gasteiger partial charge is 0.485 e. The topological polar surface area (TPSA) is 155 Å². The Hall–Kier alpha value is -5.00. The van der Waals surface area contributed by atoms with E-state index in [1.54, 1.807) is 42.5 Å². The number of nitrogens with zero attached hydrogens (tertiary/aromatic N) is 3. The number of fused-ring (bicyclic) bond motifs is 1. The first-order valence-electron chi connectivity index (χ1n) is 9.83. The Bertz CT molecular complexity index is 1290. The molecule has 12 heteroatoms. The van der Waals surface area contributed by atoms with Gasteiger partial charge in [-0.05, 0) is 35.9 Å². The van der Waals surface area contributed by atoms with Crippen LogP contribution in [0.2, 0.25) is 0 Å². The fourth-order valence-electron chi connectivity index (χ4n) is 3.02. The van der Waals surface area contributed by atoms with Crippen LogP contribution in [-0.4, -0.2) is 34.7 Å². The molecule has 3 aromatic carbocycles. The maximum Gasteiger partial charge on any atom is 0.318 e. The van der Waals surface area contributed by atoms with Crippen molar-refractivity contribution < 1.29 is 28.9 Å². The molecule has 4 rings (SSSR count). The van der Waals surface area contributed by atoms with Crippen LogP contribution in [-0.2, 0) is 4.79 Å². The van der Waals surface area contributed by atoms with Crippen LogP contribution in [0, 0.1) is 20.2 Å². The van der Waals surface area contributed by atoms with Gasteiger partial charge in [-0.15, -0.1) is 0 Å². The van der Waals surface area contributed by atoms with Crippen LogP contribution in [0.5, 0.6) is 23.0 Å². The zero-order valence-corrected chi connectivity index (χ0v) is 17.3. The Morgan fingerprint density at radius 2 is 1.82 bits per heavy atom. The van der Waals surface area contributed by atoms with Crippen molar-refractivity contribution in [3.8, 4) is 23.0 Å². The Morgan fingerprint density at radius 1 is 1.03 bits per heavy atom. The molecule has 1 aliphatic rings. The van der Waals surface area contributed by atoms with Crippen LogP contribution in [0.3, 0.4) is 0 Å². The van der Waals surface area contributed by atoms with E-state index in [-0.39, 0.29) is 18.1 Å². The van der Waals surface area contributed by atoms with E-state index >= 15 is 0 Å². The average molecular weight is 464 g/mol. The monoisotopic (exact) mass is 464 g/mol. The summed E-state index contributed by atoms with van der Waals surface area (Å²) in [7, 11) is 0. The molecule has 0 aromatic heterocycles. The lowest BCUT2D eigenvalue weighted by molar-refractivity contribution is -0.394. The summed E-state index contributed by atoms with van der Waals surface area (Å²) in [5.41, 5.74) is 1.93. The van der Waals surface area contributed by atoms with E-state index in [0.29, 0.717) is 17.1 Å². The van der Waals surface area contributed by atoms with Gasteiger partial charge in [0.05, 0.1) is 22.1 Å². The molecule has 1 amide bonds. The smallest absolute Gasteiger partial charge is 0.318 e. The number of hydrogen-bond donors (Lipinski definition) is 1. The van der Waals surface area contributed by atoms with E-state index in [1.807, 2.05) is 0 Å². The van der Waals surface area contributed by atoms with Gasteiger partial charge in [-0.1, -0.05) is 24.3 Å². The first-order valence-corrected chi connectivity index (χ1v) is 9.83. The lowest BCUT2D eigenvalue weighted by atomic mass is 10.2. The molecule has 0 saturated heterocycles. The van der Waals surface area contributed by atoms with Crippen molar-refractivity contribution in [2.24, 2.45) is 5.10 Å². The number of nitro groups is 2. The summed E-state index contributed by atoms with van der Waals surface area (Å²) in [6.07, 6.45) is 0.483. The summed E-state index contributed by atoms with van der Waals surface area (Å²) in [5, 5.41) is 26.1. The molecule has 0 radical (unpaired) electrons. The number of non-ortho nitro benzene ring substituents is 1. The summed E-state index contributed by atoms with van der Waals surface area (Å²) in [6, 6.07) is 16.4. The van der Waals surface area contributed by atoms with Gasteiger partial charge in [-0.3, -0.25) is 25.0 Å². The van der Waals surface area contributed by atoms with Crippen molar-refractivity contribution in [2.45, 2.75) is 6.10 Å². The summed E-state index contributed by atoms with van der Waals surface area (Å²) < 4.78 is 16.7. The Kier molecular flexibility index (Phi) is 6.30. The van der Waals surface area contributed by atoms with Gasteiger partial charge in [0.15, 0.2) is 11.5 Å². The predicted molar refractivity (Wildman–Crippen MR) is 118 cm³/mol. The van der Waals surface area contributed by atoms with Gasteiger partial charge >= 0.3 is 5.69 Å². The predicted octanol–water partition coefficient (Wildman–Crippen LogP) is 3.59. The molecule has 12 nitrogen and oxygen atoms in total. The lowest BCUT2D eigenvalue weighted by Gasteiger charge is -2.24. The van der Waals surface area contributed by atoms with Crippen molar-refractivity contribution in [1.29, 1.82) is 0 Å². The van der Waals surface area contributed by atoms with Gasteiger partial charge < -0.3 is 14.2 Å². The first-order chi connectivity index (χ1) is 16.4. The van der Waals surface area contributed by atoms with E-state index in [2.05, 4.69) is 10.5 Å². The number of carbonyl (C=O) groups is 1. The van der Waals surface area contributed by atoms with Gasteiger partial charge in [0.1, 0.15) is 12.4 Å². The molecule has 3 aromatic rings. The first kappa shape index (κ1) is 22.2. The molecule has 1 heterocycles. The molecular formula is C22H16N4O8. The zero-order valence-electron chi connectivity index (χ0n) is 17.3. The Morgan fingerprint density at radius 3 is 2.59 bits per heavy atom. The second-order valence-corrected chi connectivity index (χ2v) is 6.94. The molecule has 1 N–H and O–H groups in total. The van der Waals surface area contributed by atoms with Gasteiger partial charge in [0.2, 0.25) is 11.9 Å². The average Bonchev–Trinajstić information content (AvgIpc) is 2.84. The number of amides is 1. The van der Waals surface area contributed by atoms with Crippen LogP contribution in [0.4, 0.5) is 11.4 Å². The van der Waals surface area contributed by atoms with Crippen LogP contribution in [0.15, 0.2) is 71.8 Å². The standard InChI is InChI=1S/C22H16N4O8/c27-22(21-13-32-19-6-1-2-7-20(19)34-21)24-23-12-14-4-3-5-16(10-14)33-18-9-8-15(25(28)29)11-17(18)26(30)31/h1-12,21H,13H2,(H,24,27)/b23-12+/t21-/m1/s1. The molecule has 0 bridgehead atoms. The fraction of sp³-hybridized carbons (Fsp3) is 0.0909. The third-order valence-electron chi connectivity index (χ3n) is 4.63. The highest BCUT2D eigenvalue weighted by atomic mass is 16.6. The van der Waals surface area contributed by atoms with E-state index in [0.717, 1.165) is 18.2 Å². The quantitative estimate of drug-likeness (QED) is 0.316. The molecular weight excluding hydrogens is 448 g/mol. The number of nitro benzene ring substituents is 2. The van der Waals surface area contributed by atoms with Crippen molar-refractivity contribution in [3.63, 3.8) is 0 Å². The summed E-state index contributed by atoms with van der Waals surface area (Å²) in [6.45, 7) is 0.0374. The molecule has 0 unspecified atom stereocenters. The molecule has 1 atom stereocenters. The SMILES string of the molecule is O=C(N/N=C/c1cccc(Oc2ccc([N+](=O)[O-])cc2[N+](=O)[O-])c1)[C@H]1COc2ccccc2O1. The van der Waals surface area contributed by atoms with E-state index in [9.17, 15) is 25.0 Å². The van der Waals surface area contributed by atoms with Gasteiger partial charge in [-0.2, -0.15) is 5.10 Å².